The molecule has 0 aromatic heterocycles. The van der Waals surface area contributed by atoms with Gasteiger partial charge in [-0.05, 0) is 35.0 Å². The number of benzene rings is 3. The Kier molecular flexibility index (Phi) is 5.26. The van der Waals surface area contributed by atoms with Crippen LogP contribution in [-0.4, -0.2) is 25.8 Å². The van der Waals surface area contributed by atoms with Crippen molar-refractivity contribution < 1.29 is 9.53 Å². The predicted octanol–water partition coefficient (Wildman–Crippen LogP) is 3.41. The smallest absolute Gasteiger partial charge is 0.259 e. The van der Waals surface area contributed by atoms with E-state index in [-0.39, 0.29) is 12.5 Å². The Morgan fingerprint density at radius 1 is 1.04 bits per heavy atom. The topological polar surface area (TPSA) is 62.7 Å². The highest BCUT2D eigenvalue weighted by atomic mass is 16.5. The average molecular weight is 333 g/mol. The molecule has 0 spiro atoms. The number of hydrogen-bond acceptors (Lipinski definition) is 4. The Bertz CT molecular complexity index is 884. The zero-order chi connectivity index (χ0) is 17.5. The number of carbonyl (C=O) groups is 1. The summed E-state index contributed by atoms with van der Waals surface area (Å²) in [4.78, 5) is 11.9. The van der Waals surface area contributed by atoms with E-state index >= 15 is 0 Å². The van der Waals surface area contributed by atoms with Gasteiger partial charge < -0.3 is 10.1 Å². The lowest BCUT2D eigenvalue weighted by Crippen LogP contribution is -2.25. The second-order valence-corrected chi connectivity index (χ2v) is 5.44. The molecule has 5 nitrogen and oxygen atoms in total. The van der Waals surface area contributed by atoms with Crippen LogP contribution in [0.15, 0.2) is 71.8 Å². The van der Waals surface area contributed by atoms with Crippen LogP contribution in [0.2, 0.25) is 0 Å². The third-order valence-corrected chi connectivity index (χ3v) is 3.76. The Morgan fingerprint density at radius 3 is 2.60 bits per heavy atom. The molecule has 0 fully saturated rings. The van der Waals surface area contributed by atoms with Gasteiger partial charge in [-0.15, -0.1) is 0 Å². The van der Waals surface area contributed by atoms with Gasteiger partial charge >= 0.3 is 0 Å². The molecule has 126 valence electrons. The molecule has 0 saturated heterocycles. The Hall–Kier alpha value is -3.34. The lowest BCUT2D eigenvalue weighted by molar-refractivity contribution is -0.119. The quantitative estimate of drug-likeness (QED) is 0.537. The van der Waals surface area contributed by atoms with Crippen LogP contribution in [0.3, 0.4) is 0 Å². The molecule has 25 heavy (non-hydrogen) atoms. The molecular weight excluding hydrogens is 314 g/mol. The van der Waals surface area contributed by atoms with E-state index in [0.717, 1.165) is 27.8 Å². The van der Waals surface area contributed by atoms with Gasteiger partial charge in [-0.25, -0.2) is 5.43 Å². The number of hydrazone groups is 1. The molecule has 0 aliphatic rings. The van der Waals surface area contributed by atoms with Gasteiger partial charge in [0, 0.05) is 11.3 Å². The molecule has 0 heterocycles. The molecule has 2 N–H and O–H groups in total. The monoisotopic (exact) mass is 333 g/mol. The summed E-state index contributed by atoms with van der Waals surface area (Å²) in [7, 11) is 1.61. The lowest BCUT2D eigenvalue weighted by atomic mass is 10.1. The molecule has 0 radical (unpaired) electrons. The first-order valence-corrected chi connectivity index (χ1v) is 7.94. The van der Waals surface area contributed by atoms with Gasteiger partial charge in [-0.2, -0.15) is 5.10 Å². The molecule has 0 unspecified atom stereocenters. The minimum absolute atomic E-state index is 0.138. The van der Waals surface area contributed by atoms with E-state index in [1.165, 1.54) is 0 Å². The summed E-state index contributed by atoms with van der Waals surface area (Å²) in [5.41, 5.74) is 4.33. The number of rotatable bonds is 6. The van der Waals surface area contributed by atoms with Gasteiger partial charge in [-0.3, -0.25) is 4.79 Å². The van der Waals surface area contributed by atoms with Gasteiger partial charge in [0.2, 0.25) is 0 Å². The summed E-state index contributed by atoms with van der Waals surface area (Å²) in [6, 6.07) is 21.4. The third kappa shape index (κ3) is 4.35. The highest BCUT2D eigenvalue weighted by Gasteiger charge is 2.01. The number of ether oxygens (including phenoxy) is 1. The SMILES string of the molecule is COc1ccc(NCC(=O)NN=Cc2cccc3ccccc23)cc1. The van der Waals surface area contributed by atoms with Crippen LogP contribution >= 0.6 is 0 Å². The Morgan fingerprint density at radius 2 is 1.80 bits per heavy atom. The highest BCUT2D eigenvalue weighted by molar-refractivity contribution is 6.00. The lowest BCUT2D eigenvalue weighted by Gasteiger charge is -2.06. The maximum Gasteiger partial charge on any atom is 0.259 e. The predicted molar refractivity (Wildman–Crippen MR) is 101 cm³/mol. The van der Waals surface area contributed by atoms with E-state index in [9.17, 15) is 4.79 Å². The van der Waals surface area contributed by atoms with Gasteiger partial charge in [0.05, 0.1) is 19.9 Å². The van der Waals surface area contributed by atoms with Gasteiger partial charge in [-0.1, -0.05) is 42.5 Å². The fourth-order valence-corrected chi connectivity index (χ4v) is 2.47. The molecule has 0 atom stereocenters. The Labute approximate surface area is 146 Å². The molecule has 0 bridgehead atoms. The van der Waals surface area contributed by atoms with Crippen LogP contribution < -0.4 is 15.5 Å². The molecule has 1 amide bonds. The highest BCUT2D eigenvalue weighted by Crippen LogP contribution is 2.17. The van der Waals surface area contributed by atoms with Crippen LogP contribution in [0, 0.1) is 0 Å². The van der Waals surface area contributed by atoms with Crippen molar-refractivity contribution >= 4 is 28.6 Å². The van der Waals surface area contributed by atoms with E-state index in [4.69, 9.17) is 4.74 Å². The minimum atomic E-state index is -0.215. The van der Waals surface area contributed by atoms with E-state index in [1.54, 1.807) is 13.3 Å². The average Bonchev–Trinajstić information content (AvgIpc) is 2.67. The van der Waals surface area contributed by atoms with Crippen molar-refractivity contribution in [3.8, 4) is 5.75 Å². The van der Waals surface area contributed by atoms with Crippen LogP contribution in [0.5, 0.6) is 5.75 Å². The fourth-order valence-electron chi connectivity index (χ4n) is 2.47. The summed E-state index contributed by atoms with van der Waals surface area (Å²) >= 11 is 0. The standard InChI is InChI=1S/C20H19N3O2/c1-25-18-11-9-17(10-12-18)21-14-20(24)23-22-13-16-7-4-6-15-5-2-3-8-19(15)16/h2-13,21H,14H2,1H3,(H,23,24). The molecule has 3 aromatic rings. The van der Waals surface area contributed by atoms with Crippen LogP contribution in [0.25, 0.3) is 10.8 Å². The van der Waals surface area contributed by atoms with Crippen LogP contribution in [-0.2, 0) is 4.79 Å². The summed E-state index contributed by atoms with van der Waals surface area (Å²) < 4.78 is 5.09. The molecular formula is C20H19N3O2. The summed E-state index contributed by atoms with van der Waals surface area (Å²) in [6.45, 7) is 0.138. The van der Waals surface area contributed by atoms with E-state index in [0.29, 0.717) is 0 Å². The Balaban J connectivity index is 1.55. The van der Waals surface area contributed by atoms with Crippen molar-refractivity contribution in [2.75, 3.05) is 19.0 Å². The molecule has 3 rings (SSSR count). The number of nitrogens with one attached hydrogen (secondary N) is 2. The first-order valence-electron chi connectivity index (χ1n) is 7.94. The number of methoxy groups -OCH3 is 1. The van der Waals surface area contributed by atoms with Gasteiger partial charge in [0.25, 0.3) is 5.91 Å². The molecule has 5 heteroatoms. The van der Waals surface area contributed by atoms with Crippen molar-refractivity contribution in [1.29, 1.82) is 0 Å². The van der Waals surface area contributed by atoms with Crippen LogP contribution in [0.1, 0.15) is 5.56 Å². The second kappa shape index (κ2) is 7.97. The molecule has 3 aromatic carbocycles. The van der Waals surface area contributed by atoms with E-state index < -0.39 is 0 Å². The van der Waals surface area contributed by atoms with Crippen molar-refractivity contribution in [3.05, 3.63) is 72.3 Å². The zero-order valence-electron chi connectivity index (χ0n) is 13.9. The third-order valence-electron chi connectivity index (χ3n) is 3.76. The number of amides is 1. The maximum atomic E-state index is 11.9. The number of fused-ring (bicyclic) bond motifs is 1. The van der Waals surface area contributed by atoms with Gasteiger partial charge in [0.1, 0.15) is 5.75 Å². The maximum absolute atomic E-state index is 11.9. The van der Waals surface area contributed by atoms with E-state index in [2.05, 4.69) is 15.8 Å². The number of anilines is 1. The summed E-state index contributed by atoms with van der Waals surface area (Å²) in [5, 5.41) is 9.31. The number of carbonyl (C=O) groups excluding carboxylic acids is 1. The van der Waals surface area contributed by atoms with Crippen molar-refractivity contribution in [2.45, 2.75) is 0 Å². The summed E-state index contributed by atoms with van der Waals surface area (Å²) in [6.07, 6.45) is 1.66. The first kappa shape index (κ1) is 16.5. The van der Waals surface area contributed by atoms with Crippen molar-refractivity contribution in [1.82, 2.24) is 5.43 Å². The molecule has 0 aliphatic carbocycles. The van der Waals surface area contributed by atoms with Crippen molar-refractivity contribution in [3.63, 3.8) is 0 Å². The van der Waals surface area contributed by atoms with Crippen LogP contribution in [0.4, 0.5) is 5.69 Å². The van der Waals surface area contributed by atoms with Gasteiger partial charge in [0.15, 0.2) is 0 Å². The molecule has 0 saturated carbocycles. The van der Waals surface area contributed by atoms with Crippen molar-refractivity contribution in [2.24, 2.45) is 5.10 Å². The fraction of sp³-hybridized carbons (Fsp3) is 0.100. The largest absolute Gasteiger partial charge is 0.497 e. The number of nitrogens with zero attached hydrogens (tertiary/aromatic N) is 1. The zero-order valence-corrected chi connectivity index (χ0v) is 13.9. The minimum Gasteiger partial charge on any atom is -0.497 e. The first-order chi connectivity index (χ1) is 12.3. The summed E-state index contributed by atoms with van der Waals surface area (Å²) in [5.74, 6) is 0.557. The number of hydrogen-bond donors (Lipinski definition) is 2. The second-order valence-electron chi connectivity index (χ2n) is 5.44. The van der Waals surface area contributed by atoms with E-state index in [1.807, 2.05) is 66.7 Å². The molecule has 0 aliphatic heterocycles. The normalized spacial score (nSPS) is 10.8.